The van der Waals surface area contributed by atoms with Gasteiger partial charge in [0.2, 0.25) is 5.91 Å². The first-order valence-corrected chi connectivity index (χ1v) is 9.17. The average Bonchev–Trinajstić information content (AvgIpc) is 3.11. The molecule has 1 aliphatic heterocycles. The zero-order valence-electron chi connectivity index (χ0n) is 15.5. The number of nitrogens with two attached hydrogens (primary N) is 1. The number of likely N-dealkylation sites (tertiary alicyclic amines) is 1. The van der Waals surface area contributed by atoms with Crippen molar-refractivity contribution < 1.29 is 19.1 Å². The van der Waals surface area contributed by atoms with E-state index >= 15 is 0 Å². The van der Waals surface area contributed by atoms with Crippen LogP contribution in [0.4, 0.5) is 0 Å². The molecule has 7 nitrogen and oxygen atoms in total. The van der Waals surface area contributed by atoms with E-state index in [0.29, 0.717) is 30.8 Å². The van der Waals surface area contributed by atoms with Crippen molar-refractivity contribution >= 4 is 17.7 Å². The second-order valence-electron chi connectivity index (χ2n) is 6.66. The Morgan fingerprint density at radius 2 is 1.82 bits per heavy atom. The van der Waals surface area contributed by atoms with Crippen LogP contribution in [0.25, 0.3) is 0 Å². The Morgan fingerprint density at radius 3 is 2.43 bits per heavy atom. The van der Waals surface area contributed by atoms with Gasteiger partial charge in [-0.3, -0.25) is 14.4 Å². The third kappa shape index (κ3) is 5.09. The van der Waals surface area contributed by atoms with Crippen LogP contribution in [0.2, 0.25) is 0 Å². The van der Waals surface area contributed by atoms with Crippen molar-refractivity contribution in [2.24, 2.45) is 5.73 Å². The summed E-state index contributed by atoms with van der Waals surface area (Å²) in [5, 5.41) is 3.02. The maximum atomic E-state index is 12.7. The summed E-state index contributed by atoms with van der Waals surface area (Å²) < 4.78 is 5.20. The molecule has 0 bridgehead atoms. The predicted molar refractivity (Wildman–Crippen MR) is 104 cm³/mol. The molecule has 0 aromatic heterocycles. The van der Waals surface area contributed by atoms with E-state index in [9.17, 15) is 14.4 Å². The molecule has 1 saturated heterocycles. The van der Waals surface area contributed by atoms with Crippen LogP contribution in [-0.4, -0.2) is 42.3 Å². The minimum absolute atomic E-state index is 0.117. The average molecular weight is 381 g/mol. The molecular formula is C21H23N3O4. The highest BCUT2D eigenvalue weighted by molar-refractivity contribution is 5.94. The van der Waals surface area contributed by atoms with Crippen molar-refractivity contribution in [1.29, 1.82) is 0 Å². The molecule has 28 heavy (non-hydrogen) atoms. The number of amides is 3. The number of benzene rings is 2. The fourth-order valence-electron chi connectivity index (χ4n) is 3.14. The van der Waals surface area contributed by atoms with Crippen molar-refractivity contribution in [3.05, 3.63) is 65.7 Å². The number of nitrogens with zero attached hydrogens (tertiary/aromatic N) is 1. The summed E-state index contributed by atoms with van der Waals surface area (Å²) in [6.07, 6.45) is 1.41. The molecular weight excluding hydrogens is 358 g/mol. The van der Waals surface area contributed by atoms with Gasteiger partial charge in [-0.1, -0.05) is 30.3 Å². The highest BCUT2D eigenvalue weighted by Crippen LogP contribution is 2.20. The van der Waals surface area contributed by atoms with Crippen LogP contribution in [0, 0.1) is 0 Å². The van der Waals surface area contributed by atoms with Crippen molar-refractivity contribution in [1.82, 2.24) is 10.2 Å². The van der Waals surface area contributed by atoms with Gasteiger partial charge in [-0.25, -0.2) is 0 Å². The van der Waals surface area contributed by atoms with Crippen LogP contribution in [-0.2, 0) is 9.59 Å². The van der Waals surface area contributed by atoms with E-state index in [2.05, 4.69) is 5.32 Å². The van der Waals surface area contributed by atoms with E-state index < -0.39 is 5.91 Å². The number of ether oxygens (including phenoxy) is 1. The Bertz CT molecular complexity index is 836. The lowest BCUT2D eigenvalue weighted by molar-refractivity contribution is -0.128. The molecule has 1 heterocycles. The van der Waals surface area contributed by atoms with Gasteiger partial charge in [0.1, 0.15) is 5.75 Å². The molecule has 7 heteroatoms. The Kier molecular flexibility index (Phi) is 6.26. The fourth-order valence-corrected chi connectivity index (χ4v) is 3.14. The quantitative estimate of drug-likeness (QED) is 0.726. The van der Waals surface area contributed by atoms with Crippen LogP contribution >= 0.6 is 0 Å². The van der Waals surface area contributed by atoms with E-state index in [1.807, 2.05) is 30.3 Å². The van der Waals surface area contributed by atoms with Gasteiger partial charge in [-0.15, -0.1) is 0 Å². The van der Waals surface area contributed by atoms with Crippen molar-refractivity contribution in [3.8, 4) is 5.75 Å². The van der Waals surface area contributed by atoms with Gasteiger partial charge in [0.25, 0.3) is 11.8 Å². The Labute approximate surface area is 163 Å². The lowest BCUT2D eigenvalue weighted by Gasteiger charge is -2.25. The number of nitrogens with one attached hydrogen (secondary N) is 1. The number of carbonyl (C=O) groups is 3. The Morgan fingerprint density at radius 1 is 1.11 bits per heavy atom. The summed E-state index contributed by atoms with van der Waals surface area (Å²) >= 11 is 0. The second kappa shape index (κ2) is 9.03. The van der Waals surface area contributed by atoms with Crippen LogP contribution in [0.3, 0.4) is 0 Å². The van der Waals surface area contributed by atoms with E-state index in [0.717, 1.165) is 12.0 Å². The maximum Gasteiger partial charge on any atom is 0.255 e. The molecule has 3 N–H and O–H groups in total. The minimum Gasteiger partial charge on any atom is -0.484 e. The number of carbonyl (C=O) groups excluding carboxylic acids is 3. The lowest BCUT2D eigenvalue weighted by Crippen LogP contribution is -2.38. The number of primary amides is 1. The largest absolute Gasteiger partial charge is 0.484 e. The normalized spacial score (nSPS) is 14.6. The molecule has 1 fully saturated rings. The third-order valence-electron chi connectivity index (χ3n) is 4.58. The molecule has 0 radical (unpaired) electrons. The standard InChI is InChI=1S/C21H23N3O4/c22-19(25)14-28-17-10-8-16(9-11-17)21(27)23-18(15-5-2-1-3-6-15)13-24-12-4-7-20(24)26/h1-3,5-6,8-11,18H,4,7,12-14H2,(H2,22,25)(H,23,27). The van der Waals surface area contributed by atoms with Crippen molar-refractivity contribution in [2.75, 3.05) is 19.7 Å². The summed E-state index contributed by atoms with van der Waals surface area (Å²) in [6.45, 7) is 0.934. The lowest BCUT2D eigenvalue weighted by atomic mass is 10.1. The molecule has 0 aliphatic carbocycles. The van der Waals surface area contributed by atoms with Crippen LogP contribution in [0.15, 0.2) is 54.6 Å². The first-order valence-electron chi connectivity index (χ1n) is 9.17. The molecule has 146 valence electrons. The van der Waals surface area contributed by atoms with Crippen LogP contribution < -0.4 is 15.8 Å². The van der Waals surface area contributed by atoms with Gasteiger partial charge in [0, 0.05) is 25.1 Å². The molecule has 1 aliphatic rings. The topological polar surface area (TPSA) is 102 Å². The number of hydrogen-bond acceptors (Lipinski definition) is 4. The predicted octanol–water partition coefficient (Wildman–Crippen LogP) is 1.64. The molecule has 1 atom stereocenters. The van der Waals surface area contributed by atoms with E-state index in [-0.39, 0.29) is 24.5 Å². The van der Waals surface area contributed by atoms with E-state index in [1.54, 1.807) is 29.2 Å². The molecule has 0 spiro atoms. The van der Waals surface area contributed by atoms with Gasteiger partial charge in [0.15, 0.2) is 6.61 Å². The van der Waals surface area contributed by atoms with Gasteiger partial charge < -0.3 is 20.7 Å². The Balaban J connectivity index is 1.70. The van der Waals surface area contributed by atoms with Gasteiger partial charge in [-0.05, 0) is 36.2 Å². The van der Waals surface area contributed by atoms with Gasteiger partial charge in [0.05, 0.1) is 6.04 Å². The Hall–Kier alpha value is -3.35. The summed E-state index contributed by atoms with van der Waals surface area (Å²) in [5.41, 5.74) is 6.45. The highest BCUT2D eigenvalue weighted by atomic mass is 16.5. The highest BCUT2D eigenvalue weighted by Gasteiger charge is 2.25. The molecule has 1 unspecified atom stereocenters. The van der Waals surface area contributed by atoms with Gasteiger partial charge >= 0.3 is 0 Å². The molecule has 3 rings (SSSR count). The van der Waals surface area contributed by atoms with Crippen LogP contribution in [0.5, 0.6) is 5.75 Å². The fraction of sp³-hybridized carbons (Fsp3) is 0.286. The van der Waals surface area contributed by atoms with Crippen LogP contribution in [0.1, 0.15) is 34.8 Å². The molecule has 3 amide bonds. The smallest absolute Gasteiger partial charge is 0.255 e. The third-order valence-corrected chi connectivity index (χ3v) is 4.58. The first kappa shape index (κ1) is 19.4. The summed E-state index contributed by atoms with van der Waals surface area (Å²) in [6, 6.07) is 15.8. The van der Waals surface area contributed by atoms with Gasteiger partial charge in [-0.2, -0.15) is 0 Å². The minimum atomic E-state index is -0.566. The SMILES string of the molecule is NC(=O)COc1ccc(C(=O)NC(CN2CCCC2=O)c2ccccc2)cc1. The summed E-state index contributed by atoms with van der Waals surface area (Å²) in [4.78, 5) is 37.3. The molecule has 0 saturated carbocycles. The summed E-state index contributed by atoms with van der Waals surface area (Å²) in [7, 11) is 0. The number of hydrogen-bond donors (Lipinski definition) is 2. The van der Waals surface area contributed by atoms with Crippen molar-refractivity contribution in [2.45, 2.75) is 18.9 Å². The van der Waals surface area contributed by atoms with Crippen molar-refractivity contribution in [3.63, 3.8) is 0 Å². The summed E-state index contributed by atoms with van der Waals surface area (Å²) in [5.74, 6) is -0.241. The first-order chi connectivity index (χ1) is 13.5. The molecule has 2 aromatic carbocycles. The zero-order chi connectivity index (χ0) is 19.9. The monoisotopic (exact) mass is 381 g/mol. The van der Waals surface area contributed by atoms with E-state index in [1.165, 1.54) is 0 Å². The molecule has 2 aromatic rings. The zero-order valence-corrected chi connectivity index (χ0v) is 15.5. The number of rotatable bonds is 8. The second-order valence-corrected chi connectivity index (χ2v) is 6.66. The van der Waals surface area contributed by atoms with E-state index in [4.69, 9.17) is 10.5 Å². The maximum absolute atomic E-state index is 12.7.